The van der Waals surface area contributed by atoms with Crippen LogP contribution in [0.5, 0.6) is 0 Å². The van der Waals surface area contributed by atoms with Crippen molar-refractivity contribution in [2.24, 2.45) is 0 Å². The number of aromatic nitrogens is 1. The quantitative estimate of drug-likeness (QED) is 0.710. The van der Waals surface area contributed by atoms with Crippen molar-refractivity contribution in [3.05, 3.63) is 34.0 Å². The van der Waals surface area contributed by atoms with Crippen LogP contribution >= 0.6 is 0 Å². The van der Waals surface area contributed by atoms with Crippen molar-refractivity contribution >= 4 is 15.8 Å². The van der Waals surface area contributed by atoms with Crippen LogP contribution in [0, 0.1) is 12.7 Å². The molecule has 146 valence electrons. The average molecular weight is 379 g/mol. The molecule has 0 fully saturated rings. The molecule has 0 aliphatic heterocycles. The zero-order valence-corrected chi connectivity index (χ0v) is 16.9. The number of aryl methyl sites for hydroxylation is 2. The van der Waals surface area contributed by atoms with Crippen molar-refractivity contribution in [2.45, 2.75) is 59.8 Å². The molecule has 1 aromatic heterocycles. The van der Waals surface area contributed by atoms with Gasteiger partial charge in [0.2, 0.25) is 0 Å². The van der Waals surface area contributed by atoms with Crippen molar-refractivity contribution in [1.82, 2.24) is 4.57 Å². The lowest BCUT2D eigenvalue weighted by Gasteiger charge is -2.14. The van der Waals surface area contributed by atoms with Crippen molar-refractivity contribution < 1.29 is 22.3 Å². The minimum absolute atomic E-state index is 0.0595. The van der Waals surface area contributed by atoms with Gasteiger partial charge >= 0.3 is 5.97 Å². The van der Waals surface area contributed by atoms with E-state index in [4.69, 9.17) is 4.74 Å². The van der Waals surface area contributed by atoms with Crippen LogP contribution in [-0.4, -0.2) is 37.1 Å². The first-order valence-corrected chi connectivity index (χ1v) is 10.3. The third-order valence-corrected chi connectivity index (χ3v) is 4.43. The van der Waals surface area contributed by atoms with Gasteiger partial charge in [-0.3, -0.25) is 9.59 Å². The van der Waals surface area contributed by atoms with Crippen LogP contribution in [-0.2, 0) is 25.9 Å². The summed E-state index contributed by atoms with van der Waals surface area (Å²) in [5.74, 6) is -1.43. The Balaban J connectivity index is 0. The Morgan fingerprint density at radius 1 is 1.28 bits per heavy atom. The van der Waals surface area contributed by atoms with E-state index in [1.165, 1.54) is 6.92 Å². The van der Waals surface area contributed by atoms with Gasteiger partial charge in [-0.1, -0.05) is 27.7 Å². The Bertz CT molecular complexity index is 683. The number of nitrogens with zero attached hydrogens (tertiary/aromatic N) is 1. The molecule has 0 radical (unpaired) electrons. The molecule has 25 heavy (non-hydrogen) atoms. The number of pyridine rings is 1. The largest absolute Gasteiger partial charge is 0.465 e. The molecular weight excluding hydrogens is 349 g/mol. The fourth-order valence-electron chi connectivity index (χ4n) is 1.81. The molecule has 6 nitrogen and oxygen atoms in total. The smallest absolute Gasteiger partial charge is 0.324 e. The number of rotatable bonds is 6. The number of sulfone groups is 1. The molecule has 8 heteroatoms. The fourth-order valence-corrected chi connectivity index (χ4v) is 2.76. The van der Waals surface area contributed by atoms with Crippen LogP contribution < -0.4 is 5.56 Å². The molecule has 1 atom stereocenters. The second-order valence-corrected chi connectivity index (χ2v) is 6.92. The summed E-state index contributed by atoms with van der Waals surface area (Å²) >= 11 is 0. The maximum absolute atomic E-state index is 13.4. The highest BCUT2D eigenvalue weighted by molar-refractivity contribution is 7.92. The van der Waals surface area contributed by atoms with Gasteiger partial charge in [-0.05, 0) is 25.8 Å². The number of carbonyl (C=O) groups is 1. The van der Waals surface area contributed by atoms with Crippen molar-refractivity contribution in [3.63, 3.8) is 0 Å². The summed E-state index contributed by atoms with van der Waals surface area (Å²) < 4.78 is 42.4. The van der Waals surface area contributed by atoms with Gasteiger partial charge in [0, 0.05) is 25.1 Å². The van der Waals surface area contributed by atoms with Gasteiger partial charge < -0.3 is 9.30 Å². The van der Waals surface area contributed by atoms with E-state index < -0.39 is 32.4 Å². The highest BCUT2D eigenvalue weighted by Gasteiger charge is 2.30. The number of carbonyl (C=O) groups excluding carboxylic acids is 1. The molecule has 1 unspecified atom stereocenters. The Labute approximate surface area is 149 Å². The highest BCUT2D eigenvalue weighted by atomic mass is 32.2. The van der Waals surface area contributed by atoms with Gasteiger partial charge in [-0.15, -0.1) is 0 Å². The van der Waals surface area contributed by atoms with Crippen LogP contribution in [0.3, 0.4) is 0 Å². The van der Waals surface area contributed by atoms with Gasteiger partial charge in [0.05, 0.1) is 6.61 Å². The molecule has 0 aliphatic carbocycles. The summed E-state index contributed by atoms with van der Waals surface area (Å²) in [6.07, 6.45) is 1.77. The molecule has 0 spiro atoms. The van der Waals surface area contributed by atoms with E-state index in [0.717, 1.165) is 23.1 Å². The number of ether oxygens (including phenoxy) is 1. The SMILES string of the molecule is CC.CC.CCOC(=O)C(CCn1cc(F)c(C)cc1=O)S(C)(=O)=O. The predicted molar refractivity (Wildman–Crippen MR) is 98.0 cm³/mol. The molecule has 1 aromatic rings. The van der Waals surface area contributed by atoms with E-state index in [2.05, 4.69) is 0 Å². The first kappa shape index (κ1) is 25.5. The van der Waals surface area contributed by atoms with E-state index >= 15 is 0 Å². The maximum atomic E-state index is 13.4. The zero-order chi connectivity index (χ0) is 20.2. The molecule has 0 aromatic carbocycles. The fraction of sp³-hybridized carbons (Fsp3) is 0.647. The number of hydrogen-bond acceptors (Lipinski definition) is 5. The van der Waals surface area contributed by atoms with Crippen LogP contribution in [0.15, 0.2) is 17.1 Å². The van der Waals surface area contributed by atoms with Crippen molar-refractivity contribution in [2.75, 3.05) is 12.9 Å². The van der Waals surface area contributed by atoms with E-state index in [-0.39, 0.29) is 25.1 Å². The van der Waals surface area contributed by atoms with Gasteiger partial charge in [0.25, 0.3) is 5.56 Å². The first-order chi connectivity index (χ1) is 11.7. The van der Waals surface area contributed by atoms with Crippen LogP contribution in [0.1, 0.15) is 46.6 Å². The second-order valence-electron chi connectivity index (χ2n) is 4.69. The molecule has 0 saturated heterocycles. The summed E-state index contributed by atoms with van der Waals surface area (Å²) in [6.45, 7) is 11.0. The van der Waals surface area contributed by atoms with Crippen molar-refractivity contribution in [1.29, 1.82) is 0 Å². The van der Waals surface area contributed by atoms with Gasteiger partial charge in [-0.2, -0.15) is 0 Å². The Hall–Kier alpha value is -1.70. The highest BCUT2D eigenvalue weighted by Crippen LogP contribution is 2.10. The lowest BCUT2D eigenvalue weighted by molar-refractivity contribution is -0.142. The molecule has 1 heterocycles. The zero-order valence-electron chi connectivity index (χ0n) is 16.1. The summed E-state index contributed by atoms with van der Waals surface area (Å²) in [6, 6.07) is 1.12. The van der Waals surface area contributed by atoms with Gasteiger partial charge in [0.1, 0.15) is 5.82 Å². The third kappa shape index (κ3) is 8.81. The number of hydrogen-bond donors (Lipinski definition) is 0. The van der Waals surface area contributed by atoms with E-state index in [1.807, 2.05) is 27.7 Å². The lowest BCUT2D eigenvalue weighted by Crippen LogP contribution is -2.33. The molecule has 0 N–H and O–H groups in total. The average Bonchev–Trinajstić information content (AvgIpc) is 2.55. The lowest BCUT2D eigenvalue weighted by atomic mass is 10.2. The summed E-state index contributed by atoms with van der Waals surface area (Å²) in [5.41, 5.74) is -0.244. The summed E-state index contributed by atoms with van der Waals surface area (Å²) in [4.78, 5) is 23.3. The molecule has 0 saturated carbocycles. The Morgan fingerprint density at radius 3 is 2.24 bits per heavy atom. The van der Waals surface area contributed by atoms with E-state index in [9.17, 15) is 22.4 Å². The Morgan fingerprint density at radius 2 is 1.80 bits per heavy atom. The first-order valence-electron chi connectivity index (χ1n) is 8.39. The topological polar surface area (TPSA) is 82.4 Å². The van der Waals surface area contributed by atoms with Crippen LogP contribution in [0.4, 0.5) is 4.39 Å². The maximum Gasteiger partial charge on any atom is 0.324 e. The number of esters is 1. The minimum Gasteiger partial charge on any atom is -0.465 e. The van der Waals surface area contributed by atoms with Crippen LogP contribution in [0.2, 0.25) is 0 Å². The molecule has 0 amide bonds. The van der Waals surface area contributed by atoms with Crippen LogP contribution in [0.25, 0.3) is 0 Å². The van der Waals surface area contributed by atoms with E-state index in [1.54, 1.807) is 6.92 Å². The number of halogens is 1. The minimum atomic E-state index is -3.67. The monoisotopic (exact) mass is 379 g/mol. The molecule has 0 bridgehead atoms. The standard InChI is InChI=1S/C13H18FNO5S.2C2H6/c1-4-20-13(17)11(21(3,18)19)5-6-15-8-10(14)9(2)7-12(15)16;2*1-2/h7-8,11H,4-6H2,1-3H3;2*1-2H3. The molecular formula is C17H30FNO5S. The van der Waals surface area contributed by atoms with E-state index in [0.29, 0.717) is 0 Å². The Kier molecular flexibility index (Phi) is 12.9. The second kappa shape index (κ2) is 12.6. The molecule has 1 rings (SSSR count). The van der Waals surface area contributed by atoms with Gasteiger partial charge in [-0.25, -0.2) is 12.8 Å². The molecule has 0 aliphatic rings. The summed E-state index contributed by atoms with van der Waals surface area (Å²) in [5, 5.41) is -1.37. The summed E-state index contributed by atoms with van der Waals surface area (Å²) in [7, 11) is -3.67. The normalized spacial score (nSPS) is 11.4. The predicted octanol–water partition coefficient (Wildman–Crippen LogP) is 2.71. The van der Waals surface area contributed by atoms with Crippen molar-refractivity contribution in [3.8, 4) is 0 Å². The van der Waals surface area contributed by atoms with Gasteiger partial charge in [0.15, 0.2) is 15.1 Å². The third-order valence-electron chi connectivity index (χ3n) is 2.97.